The van der Waals surface area contributed by atoms with Crippen LogP contribution in [0.2, 0.25) is 0 Å². The van der Waals surface area contributed by atoms with Gasteiger partial charge in [-0.25, -0.2) is 0 Å². The van der Waals surface area contributed by atoms with Crippen molar-refractivity contribution in [3.8, 4) is 0 Å². The van der Waals surface area contributed by atoms with E-state index in [0.29, 0.717) is 0 Å². The normalized spacial score (nSPS) is 16.9. The molecule has 1 aromatic rings. The smallest absolute Gasteiger partial charge is 0.0642 e. The number of halogens is 1. The zero-order valence-electron chi connectivity index (χ0n) is 8.90. The molecule has 0 aromatic heterocycles. The highest BCUT2D eigenvalue weighted by Gasteiger charge is 2.11. The SMILES string of the molecule is NN=Cc1ccc(N2CCOCC2)cc1Br. The largest absolute Gasteiger partial charge is 0.378 e. The summed E-state index contributed by atoms with van der Waals surface area (Å²) < 4.78 is 6.33. The minimum atomic E-state index is 0.795. The summed E-state index contributed by atoms with van der Waals surface area (Å²) in [5, 5.41) is 3.52. The van der Waals surface area contributed by atoms with E-state index >= 15 is 0 Å². The van der Waals surface area contributed by atoms with Crippen LogP contribution in [0.25, 0.3) is 0 Å². The molecule has 0 spiro atoms. The van der Waals surface area contributed by atoms with Crippen molar-refractivity contribution < 1.29 is 4.74 Å². The molecule has 0 saturated carbocycles. The molecule has 0 atom stereocenters. The third kappa shape index (κ3) is 2.54. The summed E-state index contributed by atoms with van der Waals surface area (Å²) in [6.45, 7) is 3.47. The Morgan fingerprint density at radius 2 is 2.12 bits per heavy atom. The maximum absolute atomic E-state index is 5.32. The predicted molar refractivity (Wildman–Crippen MR) is 69.0 cm³/mol. The van der Waals surface area contributed by atoms with E-state index in [-0.39, 0.29) is 0 Å². The zero-order valence-corrected chi connectivity index (χ0v) is 10.5. The highest BCUT2D eigenvalue weighted by Crippen LogP contribution is 2.23. The average molecular weight is 284 g/mol. The predicted octanol–water partition coefficient (Wildman–Crippen LogP) is 1.58. The number of morpholine rings is 1. The van der Waals surface area contributed by atoms with Gasteiger partial charge in [-0.2, -0.15) is 5.10 Å². The number of benzene rings is 1. The third-order valence-electron chi connectivity index (χ3n) is 2.57. The first-order chi connectivity index (χ1) is 7.81. The molecule has 5 heteroatoms. The van der Waals surface area contributed by atoms with Crippen LogP contribution in [0, 0.1) is 0 Å². The molecule has 1 fully saturated rings. The quantitative estimate of drug-likeness (QED) is 0.509. The van der Waals surface area contributed by atoms with Gasteiger partial charge in [0.1, 0.15) is 0 Å². The van der Waals surface area contributed by atoms with Crippen LogP contribution in [-0.4, -0.2) is 32.5 Å². The van der Waals surface area contributed by atoms with E-state index in [4.69, 9.17) is 10.6 Å². The Hall–Kier alpha value is -1.07. The van der Waals surface area contributed by atoms with E-state index in [9.17, 15) is 0 Å². The number of nitrogens with two attached hydrogens (primary N) is 1. The van der Waals surface area contributed by atoms with Gasteiger partial charge in [0.15, 0.2) is 0 Å². The van der Waals surface area contributed by atoms with Crippen molar-refractivity contribution >= 4 is 27.8 Å². The van der Waals surface area contributed by atoms with Crippen LogP contribution in [-0.2, 0) is 4.74 Å². The maximum Gasteiger partial charge on any atom is 0.0642 e. The van der Waals surface area contributed by atoms with Crippen molar-refractivity contribution in [3.05, 3.63) is 28.2 Å². The van der Waals surface area contributed by atoms with Gasteiger partial charge >= 0.3 is 0 Å². The molecule has 86 valence electrons. The Morgan fingerprint density at radius 1 is 1.38 bits per heavy atom. The standard InChI is InChI=1S/C11H14BrN3O/c12-11-7-10(2-1-9(11)8-14-13)15-3-5-16-6-4-15/h1-2,7-8H,3-6,13H2. The number of anilines is 1. The van der Waals surface area contributed by atoms with Gasteiger partial charge in [-0.3, -0.25) is 0 Å². The van der Waals surface area contributed by atoms with Crippen LogP contribution >= 0.6 is 15.9 Å². The fraction of sp³-hybridized carbons (Fsp3) is 0.364. The van der Waals surface area contributed by atoms with E-state index in [0.717, 1.165) is 36.3 Å². The number of hydrogen-bond acceptors (Lipinski definition) is 4. The lowest BCUT2D eigenvalue weighted by molar-refractivity contribution is 0.122. The summed E-state index contributed by atoms with van der Waals surface area (Å²) >= 11 is 3.51. The first kappa shape index (κ1) is 11.4. The van der Waals surface area contributed by atoms with Gasteiger partial charge in [0.2, 0.25) is 0 Å². The molecule has 16 heavy (non-hydrogen) atoms. The minimum absolute atomic E-state index is 0.795. The number of nitrogens with zero attached hydrogens (tertiary/aromatic N) is 2. The van der Waals surface area contributed by atoms with Crippen molar-refractivity contribution in [1.82, 2.24) is 0 Å². The monoisotopic (exact) mass is 283 g/mol. The van der Waals surface area contributed by atoms with Crippen LogP contribution < -0.4 is 10.7 Å². The van der Waals surface area contributed by atoms with E-state index in [1.165, 1.54) is 5.69 Å². The van der Waals surface area contributed by atoms with Crippen molar-refractivity contribution in [1.29, 1.82) is 0 Å². The van der Waals surface area contributed by atoms with Gasteiger partial charge in [-0.15, -0.1) is 0 Å². The molecule has 1 heterocycles. The summed E-state index contributed by atoms with van der Waals surface area (Å²) in [5.41, 5.74) is 2.18. The lowest BCUT2D eigenvalue weighted by atomic mass is 10.2. The molecule has 0 unspecified atom stereocenters. The van der Waals surface area contributed by atoms with Crippen LogP contribution in [0.1, 0.15) is 5.56 Å². The third-order valence-corrected chi connectivity index (χ3v) is 3.26. The second-order valence-electron chi connectivity index (χ2n) is 3.58. The molecule has 0 bridgehead atoms. The van der Waals surface area contributed by atoms with Crippen LogP contribution in [0.3, 0.4) is 0 Å². The zero-order chi connectivity index (χ0) is 11.4. The van der Waals surface area contributed by atoms with Gasteiger partial charge in [-0.1, -0.05) is 22.0 Å². The highest BCUT2D eigenvalue weighted by molar-refractivity contribution is 9.10. The number of hydrogen-bond donors (Lipinski definition) is 1. The van der Waals surface area contributed by atoms with Crippen molar-refractivity contribution in [2.24, 2.45) is 10.9 Å². The molecule has 1 aromatic carbocycles. The van der Waals surface area contributed by atoms with E-state index < -0.39 is 0 Å². The van der Waals surface area contributed by atoms with E-state index in [2.05, 4.69) is 38.1 Å². The molecule has 1 saturated heterocycles. The number of rotatable bonds is 2. The molecular formula is C11H14BrN3O. The van der Waals surface area contributed by atoms with E-state index in [1.807, 2.05) is 6.07 Å². The summed E-state index contributed by atoms with van der Waals surface area (Å²) in [6, 6.07) is 6.17. The summed E-state index contributed by atoms with van der Waals surface area (Å²) in [7, 11) is 0. The van der Waals surface area contributed by atoms with Gasteiger partial charge in [0.25, 0.3) is 0 Å². The first-order valence-electron chi connectivity index (χ1n) is 5.17. The molecule has 4 nitrogen and oxygen atoms in total. The number of hydrazone groups is 1. The summed E-state index contributed by atoms with van der Waals surface area (Å²) in [6.07, 6.45) is 1.63. The van der Waals surface area contributed by atoms with Crippen molar-refractivity contribution in [3.63, 3.8) is 0 Å². The molecule has 0 radical (unpaired) electrons. The Bertz CT molecular complexity index is 389. The summed E-state index contributed by atoms with van der Waals surface area (Å²) in [4.78, 5) is 2.30. The van der Waals surface area contributed by atoms with Crippen molar-refractivity contribution in [2.45, 2.75) is 0 Å². The number of ether oxygens (including phenoxy) is 1. The van der Waals surface area contributed by atoms with Crippen LogP contribution in [0.5, 0.6) is 0 Å². The molecule has 0 aliphatic carbocycles. The fourth-order valence-electron chi connectivity index (χ4n) is 1.72. The Balaban J connectivity index is 2.19. The van der Waals surface area contributed by atoms with Gasteiger partial charge in [-0.05, 0) is 12.1 Å². The molecular weight excluding hydrogens is 270 g/mol. The van der Waals surface area contributed by atoms with Gasteiger partial charge < -0.3 is 15.5 Å². The van der Waals surface area contributed by atoms with Crippen molar-refractivity contribution in [2.75, 3.05) is 31.2 Å². The maximum atomic E-state index is 5.32. The fourth-order valence-corrected chi connectivity index (χ4v) is 2.19. The topological polar surface area (TPSA) is 50.8 Å². The highest BCUT2D eigenvalue weighted by atomic mass is 79.9. The average Bonchev–Trinajstić information content (AvgIpc) is 2.33. The molecule has 0 amide bonds. The second kappa shape index (κ2) is 5.32. The molecule has 1 aliphatic heterocycles. The molecule has 2 N–H and O–H groups in total. The Morgan fingerprint density at radius 3 is 2.75 bits per heavy atom. The molecule has 1 aliphatic rings. The Kier molecular flexibility index (Phi) is 3.79. The second-order valence-corrected chi connectivity index (χ2v) is 4.44. The van der Waals surface area contributed by atoms with Gasteiger partial charge in [0.05, 0.1) is 19.4 Å². The lowest BCUT2D eigenvalue weighted by Crippen LogP contribution is -2.36. The summed E-state index contributed by atoms with van der Waals surface area (Å²) in [5.74, 6) is 5.13. The Labute approximate surface area is 103 Å². The molecule has 2 rings (SSSR count). The minimum Gasteiger partial charge on any atom is -0.378 e. The van der Waals surface area contributed by atoms with E-state index in [1.54, 1.807) is 6.21 Å². The first-order valence-corrected chi connectivity index (χ1v) is 5.96. The van der Waals surface area contributed by atoms with Crippen LogP contribution in [0.4, 0.5) is 5.69 Å². The van der Waals surface area contributed by atoms with Crippen LogP contribution in [0.15, 0.2) is 27.8 Å². The lowest BCUT2D eigenvalue weighted by Gasteiger charge is -2.29. The van der Waals surface area contributed by atoms with Gasteiger partial charge in [0, 0.05) is 28.8 Å².